The number of amidine groups is 2. The van der Waals surface area contributed by atoms with Crippen molar-refractivity contribution in [2.75, 3.05) is 9.80 Å². The molecule has 0 aromatic heterocycles. The van der Waals surface area contributed by atoms with E-state index in [-0.39, 0.29) is 22.2 Å². The van der Waals surface area contributed by atoms with Crippen LogP contribution < -0.4 is 9.80 Å². The van der Waals surface area contributed by atoms with E-state index in [0.717, 1.165) is 34.2 Å². The van der Waals surface area contributed by atoms with Crippen molar-refractivity contribution in [1.29, 1.82) is 0 Å². The van der Waals surface area contributed by atoms with Crippen LogP contribution in [0, 0.1) is 0 Å². The normalized spacial score (nSPS) is 18.0. The highest BCUT2D eigenvalue weighted by molar-refractivity contribution is 6.14. The van der Waals surface area contributed by atoms with Crippen molar-refractivity contribution in [3.63, 3.8) is 0 Å². The molecule has 0 fully saturated rings. The van der Waals surface area contributed by atoms with E-state index in [0.29, 0.717) is 0 Å². The van der Waals surface area contributed by atoms with Crippen LogP contribution in [0.4, 0.5) is 11.4 Å². The molecule has 8 aromatic rings. The number of aliphatic imine (C=N–C) groups is 2. The molecule has 11 rings (SSSR count). The van der Waals surface area contributed by atoms with Crippen LogP contribution in [0.2, 0.25) is 0 Å². The number of hydrogen-bond donors (Lipinski definition) is 0. The lowest BCUT2D eigenvalue weighted by molar-refractivity contribution is 0.338. The van der Waals surface area contributed by atoms with Gasteiger partial charge in [-0.05, 0) is 147 Å². The Morgan fingerprint density at radius 2 is 0.612 bits per heavy atom. The number of rotatable bonds is 8. The summed E-state index contributed by atoms with van der Waals surface area (Å²) in [7, 11) is 0. The summed E-state index contributed by atoms with van der Waals surface area (Å²) in [5, 5.41) is 0. The second-order valence-corrected chi connectivity index (χ2v) is 20.6. The molecule has 0 amide bonds. The van der Waals surface area contributed by atoms with Gasteiger partial charge in [0.15, 0.2) is 0 Å². The van der Waals surface area contributed by atoms with Gasteiger partial charge in [0, 0.05) is 22.5 Å². The molecule has 3 aliphatic rings. The summed E-state index contributed by atoms with van der Waals surface area (Å²) in [6.07, 6.45) is 0. The Balaban J connectivity index is 1.01. The fraction of sp³-hybridized carbons (Fsp3) is 0.206. The average molecular weight is 871 g/mol. The molecule has 67 heavy (non-hydrogen) atoms. The Hall–Kier alpha value is -7.30. The molecule has 4 heteroatoms. The topological polar surface area (TPSA) is 31.2 Å². The zero-order valence-electron chi connectivity index (χ0n) is 39.9. The number of para-hydroxylation sites is 2. The SMILES string of the molecule is CC1(C)N=C(c2ccc(-c3ccc4c(c3)C(c3ccccc3)(c3ccccc3)c3cc(-c5ccc(C6=NC(C)(C)C(C)(C)N6c6ccccc6)cc5)ccc3-4)cc2)N(c2ccccc2)C1(C)C. The highest BCUT2D eigenvalue weighted by atomic mass is 15.3. The molecule has 0 saturated heterocycles. The predicted molar refractivity (Wildman–Crippen MR) is 282 cm³/mol. The van der Waals surface area contributed by atoms with Crippen molar-refractivity contribution in [3.8, 4) is 33.4 Å². The van der Waals surface area contributed by atoms with Crippen LogP contribution in [0.1, 0.15) is 88.8 Å². The van der Waals surface area contributed by atoms with Gasteiger partial charge < -0.3 is 9.80 Å². The minimum Gasteiger partial charge on any atom is -0.318 e. The molecule has 2 heterocycles. The molecule has 4 nitrogen and oxygen atoms in total. The molecule has 0 N–H and O–H groups in total. The third-order valence-electron chi connectivity index (χ3n) is 15.8. The van der Waals surface area contributed by atoms with Crippen LogP contribution in [0.3, 0.4) is 0 Å². The van der Waals surface area contributed by atoms with Crippen LogP contribution in [0.15, 0.2) is 216 Å². The number of anilines is 2. The van der Waals surface area contributed by atoms with Crippen LogP contribution in [0.25, 0.3) is 33.4 Å². The van der Waals surface area contributed by atoms with Crippen LogP contribution in [0.5, 0.6) is 0 Å². The summed E-state index contributed by atoms with van der Waals surface area (Å²) >= 11 is 0. The zero-order chi connectivity index (χ0) is 46.3. The van der Waals surface area contributed by atoms with Crippen molar-refractivity contribution >= 4 is 23.0 Å². The molecule has 0 spiro atoms. The van der Waals surface area contributed by atoms with Gasteiger partial charge in [0.25, 0.3) is 0 Å². The first-order valence-corrected chi connectivity index (χ1v) is 23.7. The summed E-state index contributed by atoms with van der Waals surface area (Å²) in [4.78, 5) is 15.6. The molecule has 0 saturated carbocycles. The summed E-state index contributed by atoms with van der Waals surface area (Å²) in [5.74, 6) is 2.01. The van der Waals surface area contributed by atoms with Crippen molar-refractivity contribution in [1.82, 2.24) is 0 Å². The van der Waals surface area contributed by atoms with Crippen LogP contribution in [-0.2, 0) is 5.41 Å². The number of hydrogen-bond acceptors (Lipinski definition) is 4. The smallest absolute Gasteiger partial charge is 0.136 e. The van der Waals surface area contributed by atoms with Crippen LogP contribution in [-0.4, -0.2) is 33.8 Å². The second kappa shape index (κ2) is 15.4. The molecule has 2 aliphatic heterocycles. The largest absolute Gasteiger partial charge is 0.318 e. The molecule has 1 aliphatic carbocycles. The Kier molecular flexibility index (Phi) is 9.72. The van der Waals surface area contributed by atoms with Gasteiger partial charge in [-0.25, -0.2) is 0 Å². The molecule has 0 radical (unpaired) electrons. The minimum atomic E-state index is -0.559. The van der Waals surface area contributed by atoms with E-state index in [9.17, 15) is 0 Å². The van der Waals surface area contributed by atoms with Gasteiger partial charge in [0.1, 0.15) is 11.7 Å². The lowest BCUT2D eigenvalue weighted by Gasteiger charge is -2.41. The maximum Gasteiger partial charge on any atom is 0.136 e. The molecular weight excluding hydrogens is 813 g/mol. The lowest BCUT2D eigenvalue weighted by atomic mass is 9.67. The highest BCUT2D eigenvalue weighted by Gasteiger charge is 2.51. The second-order valence-electron chi connectivity index (χ2n) is 20.6. The Morgan fingerprint density at radius 3 is 0.955 bits per heavy atom. The quantitative estimate of drug-likeness (QED) is 0.152. The summed E-state index contributed by atoms with van der Waals surface area (Å²) in [6.45, 7) is 18.2. The predicted octanol–water partition coefficient (Wildman–Crippen LogP) is 15.0. The van der Waals surface area contributed by atoms with Gasteiger partial charge in [-0.3, -0.25) is 9.98 Å². The first kappa shape index (κ1) is 42.3. The molecule has 0 unspecified atom stereocenters. The monoisotopic (exact) mass is 870 g/mol. The zero-order valence-corrected chi connectivity index (χ0v) is 39.9. The Morgan fingerprint density at radius 1 is 0.313 bits per heavy atom. The third-order valence-corrected chi connectivity index (χ3v) is 15.8. The van der Waals surface area contributed by atoms with Crippen molar-refractivity contribution in [3.05, 3.63) is 240 Å². The van der Waals surface area contributed by atoms with Gasteiger partial charge in [-0.1, -0.05) is 170 Å². The van der Waals surface area contributed by atoms with Gasteiger partial charge in [0.05, 0.1) is 27.6 Å². The highest BCUT2D eigenvalue weighted by Crippen LogP contribution is 2.57. The first-order valence-electron chi connectivity index (χ1n) is 23.7. The number of fused-ring (bicyclic) bond motifs is 3. The van der Waals surface area contributed by atoms with E-state index in [4.69, 9.17) is 9.98 Å². The van der Waals surface area contributed by atoms with Gasteiger partial charge in [-0.2, -0.15) is 0 Å². The van der Waals surface area contributed by atoms with Gasteiger partial charge >= 0.3 is 0 Å². The van der Waals surface area contributed by atoms with E-state index in [2.05, 4.69) is 271 Å². The number of benzene rings is 8. The standard InChI is InChI=1S/C63H58N4/c1-59(2)61(5,6)66(51-25-17-11-18-26-51)57(64-59)45-33-29-43(30-34-45)47-37-39-53-54-40-38-48(42-56(54)63(55(53)41-47,49-21-13-9-14-22-49)50-23-15-10-16-24-50)44-31-35-46(36-32-44)58-65-60(3,4)62(7,8)67(58)52-27-19-12-20-28-52/h9-42H,1-8H3. The van der Waals surface area contributed by atoms with E-state index in [1.165, 1.54) is 55.6 Å². The van der Waals surface area contributed by atoms with Crippen molar-refractivity contribution in [2.45, 2.75) is 83.0 Å². The van der Waals surface area contributed by atoms with Crippen molar-refractivity contribution < 1.29 is 0 Å². The lowest BCUT2D eigenvalue weighted by Crippen LogP contribution is -2.53. The first-order chi connectivity index (χ1) is 32.2. The Labute approximate surface area is 397 Å². The Bertz CT molecular complexity index is 2980. The van der Waals surface area contributed by atoms with Gasteiger partial charge in [-0.15, -0.1) is 0 Å². The van der Waals surface area contributed by atoms with E-state index >= 15 is 0 Å². The molecule has 0 bridgehead atoms. The van der Waals surface area contributed by atoms with Gasteiger partial charge in [0.2, 0.25) is 0 Å². The maximum atomic E-state index is 5.37. The molecule has 0 atom stereocenters. The summed E-state index contributed by atoms with van der Waals surface area (Å²) in [5.41, 5.74) is 15.3. The fourth-order valence-corrected chi connectivity index (χ4v) is 10.9. The minimum absolute atomic E-state index is 0.219. The maximum absolute atomic E-state index is 5.37. The fourth-order valence-electron chi connectivity index (χ4n) is 10.9. The molecule has 8 aromatic carbocycles. The van der Waals surface area contributed by atoms with Crippen molar-refractivity contribution in [2.24, 2.45) is 9.98 Å². The summed E-state index contributed by atoms with van der Waals surface area (Å²) < 4.78 is 0. The molecular formula is C63H58N4. The third kappa shape index (κ3) is 6.48. The summed E-state index contributed by atoms with van der Waals surface area (Å²) in [6, 6.07) is 75.9. The van der Waals surface area contributed by atoms with Crippen LogP contribution >= 0.6 is 0 Å². The van der Waals surface area contributed by atoms with E-state index < -0.39 is 5.41 Å². The molecule has 330 valence electrons. The average Bonchev–Trinajstić information content (AvgIpc) is 3.83. The number of nitrogens with zero attached hydrogens (tertiary/aromatic N) is 4. The van der Waals surface area contributed by atoms with E-state index in [1.54, 1.807) is 0 Å². The van der Waals surface area contributed by atoms with E-state index in [1.807, 2.05) is 0 Å².